The standard InChI is InChI=1S/C18H19FO2.ClH/c1-21-18(20)16-11-9-14(10-12-16)5-2-3-6-15-7-4-8-17(19)13-15;/h4,7-13H,2-3,5-6H2,1H3;1H. The molecule has 0 unspecified atom stereocenters. The number of hydrogen-bond acceptors (Lipinski definition) is 2. The Labute approximate surface area is 136 Å². The van der Waals surface area contributed by atoms with Crippen LogP contribution in [-0.4, -0.2) is 13.1 Å². The van der Waals surface area contributed by atoms with Crippen LogP contribution in [0.3, 0.4) is 0 Å². The smallest absolute Gasteiger partial charge is 0.337 e. The number of hydrogen-bond donors (Lipinski definition) is 0. The fraction of sp³-hybridized carbons (Fsp3) is 0.278. The van der Waals surface area contributed by atoms with Gasteiger partial charge in [0.1, 0.15) is 5.82 Å². The van der Waals surface area contributed by atoms with Crippen LogP contribution in [0.25, 0.3) is 0 Å². The number of methoxy groups -OCH3 is 1. The second kappa shape index (κ2) is 9.21. The number of carbonyl (C=O) groups excluding carboxylic acids is 1. The number of benzene rings is 2. The van der Waals surface area contributed by atoms with Crippen LogP contribution in [0, 0.1) is 5.82 Å². The Morgan fingerprint density at radius 3 is 2.23 bits per heavy atom. The third-order valence-electron chi connectivity index (χ3n) is 3.44. The molecule has 0 aliphatic carbocycles. The Morgan fingerprint density at radius 1 is 1.00 bits per heavy atom. The van der Waals surface area contributed by atoms with E-state index in [0.717, 1.165) is 31.2 Å². The molecule has 2 aromatic rings. The molecule has 0 radical (unpaired) electrons. The molecule has 0 atom stereocenters. The van der Waals surface area contributed by atoms with Gasteiger partial charge in [-0.15, -0.1) is 12.4 Å². The van der Waals surface area contributed by atoms with Crippen molar-refractivity contribution in [1.82, 2.24) is 0 Å². The highest BCUT2D eigenvalue weighted by Crippen LogP contribution is 2.12. The van der Waals surface area contributed by atoms with Gasteiger partial charge >= 0.3 is 5.97 Å². The molecule has 0 spiro atoms. The average Bonchev–Trinajstić information content (AvgIpc) is 2.51. The van der Waals surface area contributed by atoms with Gasteiger partial charge in [-0.05, 0) is 61.1 Å². The number of esters is 1. The number of rotatable bonds is 6. The molecule has 2 nitrogen and oxygen atoms in total. The molecule has 0 aliphatic heterocycles. The molecule has 22 heavy (non-hydrogen) atoms. The molecule has 0 bridgehead atoms. The third-order valence-corrected chi connectivity index (χ3v) is 3.44. The van der Waals surface area contributed by atoms with E-state index in [9.17, 15) is 9.18 Å². The zero-order valence-electron chi connectivity index (χ0n) is 12.5. The third kappa shape index (κ3) is 5.49. The Kier molecular flexibility index (Phi) is 7.61. The first-order chi connectivity index (χ1) is 10.2. The molecule has 0 saturated heterocycles. The van der Waals surface area contributed by atoms with E-state index < -0.39 is 0 Å². The van der Waals surface area contributed by atoms with Gasteiger partial charge in [0.05, 0.1) is 12.7 Å². The monoisotopic (exact) mass is 322 g/mol. The maximum Gasteiger partial charge on any atom is 0.337 e. The second-order valence-corrected chi connectivity index (χ2v) is 5.03. The molecule has 0 N–H and O–H groups in total. The molecule has 0 aliphatic rings. The van der Waals surface area contributed by atoms with Gasteiger partial charge < -0.3 is 4.74 Å². The van der Waals surface area contributed by atoms with E-state index in [2.05, 4.69) is 4.74 Å². The lowest BCUT2D eigenvalue weighted by Crippen LogP contribution is -2.00. The van der Waals surface area contributed by atoms with Crippen molar-refractivity contribution >= 4 is 18.4 Å². The summed E-state index contributed by atoms with van der Waals surface area (Å²) in [6.45, 7) is 0. The van der Waals surface area contributed by atoms with E-state index in [1.807, 2.05) is 18.2 Å². The largest absolute Gasteiger partial charge is 0.465 e. The van der Waals surface area contributed by atoms with Gasteiger partial charge in [-0.25, -0.2) is 9.18 Å². The zero-order chi connectivity index (χ0) is 15.1. The number of carbonyl (C=O) groups is 1. The summed E-state index contributed by atoms with van der Waals surface area (Å²) in [6, 6.07) is 14.2. The normalized spacial score (nSPS) is 9.91. The van der Waals surface area contributed by atoms with E-state index in [1.165, 1.54) is 18.7 Å². The number of aryl methyl sites for hydroxylation is 2. The van der Waals surface area contributed by atoms with Gasteiger partial charge in [0.15, 0.2) is 0 Å². The zero-order valence-corrected chi connectivity index (χ0v) is 13.4. The van der Waals surface area contributed by atoms with E-state index in [0.29, 0.717) is 5.56 Å². The Hall–Kier alpha value is -1.87. The van der Waals surface area contributed by atoms with Crippen LogP contribution in [0.15, 0.2) is 48.5 Å². The van der Waals surface area contributed by atoms with Crippen LogP contribution >= 0.6 is 12.4 Å². The SMILES string of the molecule is COC(=O)c1ccc(CCCCc2cccc(F)c2)cc1.Cl. The van der Waals surface area contributed by atoms with E-state index >= 15 is 0 Å². The van der Waals surface area contributed by atoms with Gasteiger partial charge in [-0.1, -0.05) is 24.3 Å². The molecule has 2 aromatic carbocycles. The first kappa shape index (κ1) is 18.2. The number of ether oxygens (including phenoxy) is 1. The fourth-order valence-electron chi connectivity index (χ4n) is 2.28. The maximum atomic E-state index is 13.0. The van der Waals surface area contributed by atoms with Gasteiger partial charge in [0.25, 0.3) is 0 Å². The summed E-state index contributed by atoms with van der Waals surface area (Å²) in [5.41, 5.74) is 2.80. The van der Waals surface area contributed by atoms with Crippen LogP contribution in [0.5, 0.6) is 0 Å². The maximum absolute atomic E-state index is 13.0. The minimum Gasteiger partial charge on any atom is -0.465 e. The Bertz CT molecular complexity index is 596. The predicted molar refractivity (Wildman–Crippen MR) is 88.1 cm³/mol. The molecule has 0 amide bonds. The average molecular weight is 323 g/mol. The Morgan fingerprint density at radius 2 is 1.64 bits per heavy atom. The predicted octanol–water partition coefficient (Wildman–Crippen LogP) is 4.60. The van der Waals surface area contributed by atoms with Gasteiger partial charge in [0.2, 0.25) is 0 Å². The second-order valence-electron chi connectivity index (χ2n) is 5.03. The van der Waals surface area contributed by atoms with E-state index in [4.69, 9.17) is 0 Å². The number of halogens is 2. The van der Waals surface area contributed by atoms with Crippen molar-refractivity contribution in [2.45, 2.75) is 25.7 Å². The van der Waals surface area contributed by atoms with Crippen LogP contribution in [0.1, 0.15) is 34.3 Å². The molecule has 2 rings (SSSR count). The molecular weight excluding hydrogens is 303 g/mol. The summed E-state index contributed by atoms with van der Waals surface area (Å²) in [4.78, 5) is 11.3. The summed E-state index contributed by atoms with van der Waals surface area (Å²) < 4.78 is 17.7. The van der Waals surface area contributed by atoms with Crippen LogP contribution in [0.2, 0.25) is 0 Å². The minimum absolute atomic E-state index is 0. The fourth-order valence-corrected chi connectivity index (χ4v) is 2.28. The summed E-state index contributed by atoms with van der Waals surface area (Å²) in [7, 11) is 1.38. The first-order valence-corrected chi connectivity index (χ1v) is 7.11. The Balaban J connectivity index is 0.00000242. The van der Waals surface area contributed by atoms with E-state index in [1.54, 1.807) is 24.3 Å². The first-order valence-electron chi connectivity index (χ1n) is 7.11. The highest BCUT2D eigenvalue weighted by atomic mass is 35.5. The summed E-state index contributed by atoms with van der Waals surface area (Å²) in [5, 5.41) is 0. The highest BCUT2D eigenvalue weighted by Gasteiger charge is 2.04. The summed E-state index contributed by atoms with van der Waals surface area (Å²) in [6.07, 6.45) is 3.89. The van der Waals surface area contributed by atoms with Crippen LogP contribution in [-0.2, 0) is 17.6 Å². The molecular formula is C18H20ClFO2. The number of unbranched alkanes of at least 4 members (excludes halogenated alkanes) is 1. The van der Waals surface area contributed by atoms with Crippen molar-refractivity contribution in [3.8, 4) is 0 Å². The molecule has 4 heteroatoms. The van der Waals surface area contributed by atoms with Gasteiger partial charge in [-0.3, -0.25) is 0 Å². The minimum atomic E-state index is -0.312. The van der Waals surface area contributed by atoms with Crippen LogP contribution in [0.4, 0.5) is 4.39 Å². The van der Waals surface area contributed by atoms with Gasteiger partial charge in [0, 0.05) is 0 Å². The molecule has 0 fully saturated rings. The van der Waals surface area contributed by atoms with Crippen molar-refractivity contribution in [1.29, 1.82) is 0 Å². The molecule has 0 aromatic heterocycles. The molecule has 118 valence electrons. The van der Waals surface area contributed by atoms with Crippen LogP contribution < -0.4 is 0 Å². The van der Waals surface area contributed by atoms with Crippen molar-refractivity contribution in [2.75, 3.05) is 7.11 Å². The lowest BCUT2D eigenvalue weighted by atomic mass is 10.0. The summed E-state index contributed by atoms with van der Waals surface area (Å²) >= 11 is 0. The quantitative estimate of drug-likeness (QED) is 0.574. The van der Waals surface area contributed by atoms with Crippen molar-refractivity contribution in [2.24, 2.45) is 0 Å². The highest BCUT2D eigenvalue weighted by molar-refractivity contribution is 5.89. The summed E-state index contributed by atoms with van der Waals surface area (Å²) in [5.74, 6) is -0.487. The van der Waals surface area contributed by atoms with E-state index in [-0.39, 0.29) is 24.2 Å². The topological polar surface area (TPSA) is 26.3 Å². The lowest BCUT2D eigenvalue weighted by Gasteiger charge is -2.04. The molecule has 0 saturated carbocycles. The van der Waals surface area contributed by atoms with Crippen molar-refractivity contribution < 1.29 is 13.9 Å². The molecule has 0 heterocycles. The van der Waals surface area contributed by atoms with Crippen molar-refractivity contribution in [3.05, 3.63) is 71.0 Å². The van der Waals surface area contributed by atoms with Crippen molar-refractivity contribution in [3.63, 3.8) is 0 Å². The van der Waals surface area contributed by atoms with Gasteiger partial charge in [-0.2, -0.15) is 0 Å². The lowest BCUT2D eigenvalue weighted by molar-refractivity contribution is 0.0600.